The summed E-state index contributed by atoms with van der Waals surface area (Å²) in [6, 6.07) is 9.24. The van der Waals surface area contributed by atoms with Gasteiger partial charge in [-0.3, -0.25) is 0 Å². The Hall–Kier alpha value is -4.05. The lowest BCUT2D eigenvalue weighted by molar-refractivity contribution is -0.192. The fourth-order valence-electron chi connectivity index (χ4n) is 2.69. The zero-order chi connectivity index (χ0) is 23.2. The van der Waals surface area contributed by atoms with Crippen molar-refractivity contribution in [3.8, 4) is 17.2 Å². The highest BCUT2D eigenvalue weighted by Gasteiger charge is 2.51. The van der Waals surface area contributed by atoms with Crippen LogP contribution in [0.15, 0.2) is 48.5 Å². The van der Waals surface area contributed by atoms with E-state index in [1.54, 1.807) is 0 Å². The highest BCUT2D eigenvalue weighted by molar-refractivity contribution is 5.93. The molecule has 0 saturated heterocycles. The number of carbonyl (C=O) groups is 3. The van der Waals surface area contributed by atoms with Crippen LogP contribution in [0.1, 0.15) is 11.1 Å². The molecular formula is C21H20O10. The summed E-state index contributed by atoms with van der Waals surface area (Å²) in [5.74, 6) is -5.12. The molecule has 2 aromatic rings. The van der Waals surface area contributed by atoms with Gasteiger partial charge in [-0.1, -0.05) is 18.2 Å². The Morgan fingerprint density at radius 2 is 1.71 bits per heavy atom. The average Bonchev–Trinajstić information content (AvgIpc) is 2.71. The second kappa shape index (κ2) is 9.63. The number of ether oxygens (including phenoxy) is 2. The Morgan fingerprint density at radius 3 is 2.23 bits per heavy atom. The van der Waals surface area contributed by atoms with E-state index in [4.69, 9.17) is 9.47 Å². The Morgan fingerprint density at radius 1 is 1.06 bits per heavy atom. The number of carbonyl (C=O) groups excluding carboxylic acids is 1. The number of phenols is 2. The number of esters is 1. The molecule has 0 saturated carbocycles. The fourth-order valence-corrected chi connectivity index (χ4v) is 2.69. The molecule has 0 radical (unpaired) electrons. The second-order valence-electron chi connectivity index (χ2n) is 6.49. The van der Waals surface area contributed by atoms with Crippen LogP contribution >= 0.6 is 0 Å². The Bertz CT molecular complexity index is 996. The molecule has 2 aromatic carbocycles. The van der Waals surface area contributed by atoms with Crippen molar-refractivity contribution in [2.24, 2.45) is 0 Å². The van der Waals surface area contributed by atoms with Gasteiger partial charge in [0.25, 0.3) is 0 Å². The van der Waals surface area contributed by atoms with Gasteiger partial charge in [0.1, 0.15) is 5.75 Å². The number of carboxylic acid groups (broad SMARTS) is 2. The zero-order valence-electron chi connectivity index (χ0n) is 16.3. The molecular weight excluding hydrogens is 412 g/mol. The molecule has 10 nitrogen and oxygen atoms in total. The summed E-state index contributed by atoms with van der Waals surface area (Å²) in [5.41, 5.74) is -2.45. The van der Waals surface area contributed by atoms with Gasteiger partial charge < -0.3 is 35.0 Å². The standard InChI is InChI=1S/C21H20O10/c1-30-16-8-4-12(10-15(16)23)5-9-17(24)31-18(19(25)26)21(29,20(27)28)11-13-2-6-14(22)7-3-13/h2-10,18,22-23,29H,11H2,1H3,(H,25,26)(H,27,28)/b9-5+/t18-,21-/m1/s1. The molecule has 2 rings (SSSR count). The molecule has 0 bridgehead atoms. The monoisotopic (exact) mass is 432 g/mol. The fraction of sp³-hybridized carbons (Fsp3) is 0.190. The summed E-state index contributed by atoms with van der Waals surface area (Å²) in [7, 11) is 1.36. The van der Waals surface area contributed by atoms with Gasteiger partial charge in [0, 0.05) is 12.5 Å². The number of methoxy groups -OCH3 is 1. The van der Waals surface area contributed by atoms with E-state index in [0.29, 0.717) is 5.56 Å². The molecule has 0 aliphatic carbocycles. The molecule has 0 fully saturated rings. The van der Waals surface area contributed by atoms with Gasteiger partial charge in [0.05, 0.1) is 7.11 Å². The van der Waals surface area contributed by atoms with Gasteiger partial charge in [-0.2, -0.15) is 0 Å². The van der Waals surface area contributed by atoms with Crippen molar-refractivity contribution in [1.29, 1.82) is 0 Å². The first-order valence-electron chi connectivity index (χ1n) is 8.79. The van der Waals surface area contributed by atoms with Crippen LogP contribution in [-0.2, 0) is 25.5 Å². The number of phenolic OH excluding ortho intramolecular Hbond substituents is 2. The van der Waals surface area contributed by atoms with Crippen LogP contribution < -0.4 is 4.74 Å². The van der Waals surface area contributed by atoms with Gasteiger partial charge in [-0.25, -0.2) is 14.4 Å². The van der Waals surface area contributed by atoms with E-state index >= 15 is 0 Å². The summed E-state index contributed by atoms with van der Waals surface area (Å²) in [6.45, 7) is 0. The van der Waals surface area contributed by atoms with Crippen molar-refractivity contribution in [2.75, 3.05) is 7.11 Å². The number of hydrogen-bond acceptors (Lipinski definition) is 8. The maximum atomic E-state index is 12.1. The van der Waals surface area contributed by atoms with Crippen LogP contribution in [0, 0.1) is 0 Å². The number of hydrogen-bond donors (Lipinski definition) is 5. The largest absolute Gasteiger partial charge is 0.508 e. The molecule has 10 heteroatoms. The molecule has 0 aromatic heterocycles. The van der Waals surface area contributed by atoms with Crippen LogP contribution in [0.25, 0.3) is 6.08 Å². The zero-order valence-corrected chi connectivity index (χ0v) is 16.3. The van der Waals surface area contributed by atoms with Crippen LogP contribution in [0.4, 0.5) is 0 Å². The van der Waals surface area contributed by atoms with E-state index in [-0.39, 0.29) is 22.8 Å². The van der Waals surface area contributed by atoms with E-state index in [0.717, 1.165) is 6.08 Å². The topological polar surface area (TPSA) is 171 Å². The Balaban J connectivity index is 2.23. The van der Waals surface area contributed by atoms with Crippen molar-refractivity contribution in [1.82, 2.24) is 0 Å². The smallest absolute Gasteiger partial charge is 0.348 e. The molecule has 0 amide bonds. The lowest BCUT2D eigenvalue weighted by Crippen LogP contribution is -2.56. The van der Waals surface area contributed by atoms with Crippen molar-refractivity contribution < 1.29 is 49.4 Å². The van der Waals surface area contributed by atoms with Gasteiger partial charge in [-0.05, 0) is 41.5 Å². The summed E-state index contributed by atoms with van der Waals surface area (Å²) in [6.07, 6.45) is -1.12. The van der Waals surface area contributed by atoms with Crippen LogP contribution in [-0.4, -0.2) is 62.3 Å². The highest BCUT2D eigenvalue weighted by Crippen LogP contribution is 2.27. The molecule has 0 unspecified atom stereocenters. The summed E-state index contributed by atoms with van der Waals surface area (Å²) >= 11 is 0. The minimum atomic E-state index is -2.98. The number of benzene rings is 2. The van der Waals surface area contributed by atoms with E-state index in [1.807, 2.05) is 0 Å². The molecule has 31 heavy (non-hydrogen) atoms. The maximum Gasteiger partial charge on any atom is 0.348 e. The highest BCUT2D eigenvalue weighted by atomic mass is 16.6. The molecule has 5 N–H and O–H groups in total. The molecule has 0 heterocycles. The molecule has 2 atom stereocenters. The number of aromatic hydroxyl groups is 2. The summed E-state index contributed by atoms with van der Waals surface area (Å²) in [4.78, 5) is 35.4. The Labute approximate surface area is 176 Å². The maximum absolute atomic E-state index is 12.1. The first-order chi connectivity index (χ1) is 14.6. The summed E-state index contributed by atoms with van der Waals surface area (Å²) < 4.78 is 9.63. The van der Waals surface area contributed by atoms with E-state index in [2.05, 4.69) is 0 Å². The average molecular weight is 432 g/mol. The SMILES string of the molecule is COc1ccc(/C=C/C(=O)O[C@H](C(=O)O)[C@](O)(Cc2ccc(O)cc2)C(=O)O)cc1O. The number of aliphatic carboxylic acids is 2. The predicted molar refractivity (Wildman–Crippen MR) is 106 cm³/mol. The van der Waals surface area contributed by atoms with Gasteiger partial charge >= 0.3 is 17.9 Å². The molecule has 0 aliphatic rings. The third-order valence-corrected chi connectivity index (χ3v) is 4.29. The second-order valence-corrected chi connectivity index (χ2v) is 6.49. The molecule has 0 aliphatic heterocycles. The first-order valence-corrected chi connectivity index (χ1v) is 8.79. The number of rotatable bonds is 9. The van der Waals surface area contributed by atoms with E-state index < -0.39 is 36.0 Å². The molecule has 0 spiro atoms. The van der Waals surface area contributed by atoms with E-state index in [1.165, 1.54) is 55.7 Å². The Kier molecular flexibility index (Phi) is 7.22. The number of carboxylic acids is 2. The third-order valence-electron chi connectivity index (χ3n) is 4.29. The minimum Gasteiger partial charge on any atom is -0.508 e. The van der Waals surface area contributed by atoms with Crippen molar-refractivity contribution in [3.05, 3.63) is 59.7 Å². The lowest BCUT2D eigenvalue weighted by Gasteiger charge is -2.29. The van der Waals surface area contributed by atoms with Crippen molar-refractivity contribution >= 4 is 24.0 Å². The van der Waals surface area contributed by atoms with Crippen molar-refractivity contribution in [2.45, 2.75) is 18.1 Å². The van der Waals surface area contributed by atoms with Gasteiger partial charge in [-0.15, -0.1) is 0 Å². The minimum absolute atomic E-state index is 0.112. The van der Waals surface area contributed by atoms with Gasteiger partial charge in [0.2, 0.25) is 11.7 Å². The third kappa shape index (κ3) is 5.73. The quantitative estimate of drug-likeness (QED) is 0.286. The van der Waals surface area contributed by atoms with Crippen LogP contribution in [0.5, 0.6) is 17.2 Å². The lowest BCUT2D eigenvalue weighted by atomic mass is 9.88. The summed E-state index contributed by atoms with van der Waals surface area (Å²) in [5, 5.41) is 48.5. The van der Waals surface area contributed by atoms with Crippen LogP contribution in [0.2, 0.25) is 0 Å². The predicted octanol–water partition coefficient (Wildman–Crippen LogP) is 1.17. The van der Waals surface area contributed by atoms with Gasteiger partial charge in [0.15, 0.2) is 11.5 Å². The van der Waals surface area contributed by atoms with Crippen molar-refractivity contribution in [3.63, 3.8) is 0 Å². The van der Waals surface area contributed by atoms with E-state index in [9.17, 15) is 39.9 Å². The number of aliphatic hydroxyl groups is 1. The first kappa shape index (κ1) is 23.2. The normalized spacial score (nSPS) is 13.9. The van der Waals surface area contributed by atoms with Crippen LogP contribution in [0.3, 0.4) is 0 Å². The molecule has 164 valence electrons.